The fourth-order valence-electron chi connectivity index (χ4n) is 4.14. The number of hydrogen-bond acceptors (Lipinski definition) is 5. The molecule has 7 heteroatoms. The van der Waals surface area contributed by atoms with E-state index in [0.717, 1.165) is 22.2 Å². The number of Topliss-reactive ketones (excluding diaryl/α,β-unsaturated/α-hetero) is 1. The minimum Gasteiger partial charge on any atom is -0.507 e. The van der Waals surface area contributed by atoms with E-state index in [2.05, 4.69) is 18.0 Å². The normalized spacial score (nSPS) is 17.6. The van der Waals surface area contributed by atoms with Crippen molar-refractivity contribution < 1.29 is 14.7 Å². The maximum absolute atomic E-state index is 13.3. The van der Waals surface area contributed by atoms with Gasteiger partial charge in [0.15, 0.2) is 5.13 Å². The van der Waals surface area contributed by atoms with Gasteiger partial charge in [-0.15, -0.1) is 0 Å². The van der Waals surface area contributed by atoms with Gasteiger partial charge in [-0.25, -0.2) is 4.98 Å². The number of fused-ring (bicyclic) bond motifs is 1. The van der Waals surface area contributed by atoms with Crippen LogP contribution in [0.4, 0.5) is 5.13 Å². The quantitative estimate of drug-likeness (QED) is 0.204. The molecule has 170 valence electrons. The van der Waals surface area contributed by atoms with E-state index in [-0.39, 0.29) is 11.3 Å². The van der Waals surface area contributed by atoms with Crippen LogP contribution in [0.2, 0.25) is 5.02 Å². The molecule has 1 amide bonds. The molecule has 1 aliphatic heterocycles. The van der Waals surface area contributed by atoms with Crippen LogP contribution >= 0.6 is 22.9 Å². The number of rotatable bonds is 4. The number of nitrogens with zero attached hydrogens (tertiary/aromatic N) is 2. The highest BCUT2D eigenvalue weighted by Crippen LogP contribution is 2.44. The summed E-state index contributed by atoms with van der Waals surface area (Å²) in [6.45, 7) is 4.01. The Bertz CT molecular complexity index is 1460. The van der Waals surface area contributed by atoms with Gasteiger partial charge in [0.1, 0.15) is 5.76 Å². The molecule has 1 saturated heterocycles. The van der Waals surface area contributed by atoms with Gasteiger partial charge in [-0.3, -0.25) is 14.5 Å². The largest absolute Gasteiger partial charge is 0.507 e. The van der Waals surface area contributed by atoms with Crippen molar-refractivity contribution in [2.75, 3.05) is 4.90 Å². The van der Waals surface area contributed by atoms with Crippen molar-refractivity contribution in [3.05, 3.63) is 99.6 Å². The molecule has 5 nitrogen and oxygen atoms in total. The molecule has 1 fully saturated rings. The van der Waals surface area contributed by atoms with Crippen LogP contribution in [-0.4, -0.2) is 21.8 Å². The van der Waals surface area contributed by atoms with Gasteiger partial charge in [0, 0.05) is 10.6 Å². The summed E-state index contributed by atoms with van der Waals surface area (Å²) in [6.07, 6.45) is 0.884. The van der Waals surface area contributed by atoms with Crippen LogP contribution in [0.1, 0.15) is 35.2 Å². The second-order valence-electron chi connectivity index (χ2n) is 8.24. The van der Waals surface area contributed by atoms with Crippen molar-refractivity contribution in [3.8, 4) is 0 Å². The summed E-state index contributed by atoms with van der Waals surface area (Å²) in [5.74, 6) is -1.68. The molecule has 0 saturated carbocycles. The number of carbonyl (C=O) groups excluding carboxylic acids is 2. The third-order valence-corrected chi connectivity index (χ3v) is 7.28. The van der Waals surface area contributed by atoms with Gasteiger partial charge < -0.3 is 5.11 Å². The minimum atomic E-state index is -0.829. The number of thiazole rings is 1. The monoisotopic (exact) mass is 488 g/mol. The Morgan fingerprint density at radius 2 is 1.76 bits per heavy atom. The van der Waals surface area contributed by atoms with Gasteiger partial charge in [-0.2, -0.15) is 0 Å². The molecular weight excluding hydrogens is 468 g/mol. The van der Waals surface area contributed by atoms with Gasteiger partial charge >= 0.3 is 5.91 Å². The molecule has 0 radical (unpaired) electrons. The maximum Gasteiger partial charge on any atom is 0.301 e. The Balaban J connectivity index is 1.71. The van der Waals surface area contributed by atoms with E-state index < -0.39 is 17.7 Å². The number of aromatic nitrogens is 1. The lowest BCUT2D eigenvalue weighted by Crippen LogP contribution is -2.29. The molecule has 1 aliphatic rings. The molecule has 34 heavy (non-hydrogen) atoms. The lowest BCUT2D eigenvalue weighted by atomic mass is 9.95. The number of halogens is 1. The molecule has 0 aliphatic carbocycles. The van der Waals surface area contributed by atoms with Crippen LogP contribution in [0.5, 0.6) is 0 Å². The first-order chi connectivity index (χ1) is 16.4. The van der Waals surface area contributed by atoms with E-state index in [1.807, 2.05) is 31.2 Å². The highest BCUT2D eigenvalue weighted by atomic mass is 35.5. The summed E-state index contributed by atoms with van der Waals surface area (Å²) in [7, 11) is 0. The van der Waals surface area contributed by atoms with Crippen LogP contribution in [0.3, 0.4) is 0 Å². The average Bonchev–Trinajstić information content (AvgIpc) is 3.37. The SMILES string of the molecule is CCc1ccc2nc(N3C(=O)C(=O)C(=C(O)c4ccc(C)cc4)[C@@H]3c3ccc(Cl)cc3)sc2c1. The molecule has 5 rings (SSSR count). The number of aliphatic hydroxyl groups excluding tert-OH is 1. The standard InChI is InChI=1S/C27H21ClN2O3S/c1-3-16-6-13-20-21(14-16)34-27(29-20)30-23(17-9-11-19(28)12-10-17)22(25(32)26(30)33)24(31)18-7-4-15(2)5-8-18/h4-14,23,31H,3H2,1-2H3/t23-/m0/s1. The molecule has 2 heterocycles. The lowest BCUT2D eigenvalue weighted by Gasteiger charge is -2.23. The molecule has 0 unspecified atom stereocenters. The van der Waals surface area contributed by atoms with Crippen LogP contribution in [0.15, 0.2) is 72.3 Å². The van der Waals surface area contributed by atoms with Crippen LogP contribution in [0.25, 0.3) is 16.0 Å². The molecule has 1 N–H and O–H groups in total. The zero-order valence-electron chi connectivity index (χ0n) is 18.6. The zero-order valence-corrected chi connectivity index (χ0v) is 20.2. The third kappa shape index (κ3) is 3.79. The first-order valence-corrected chi connectivity index (χ1v) is 12.1. The van der Waals surface area contributed by atoms with Crippen molar-refractivity contribution >= 4 is 55.7 Å². The van der Waals surface area contributed by atoms with Crippen LogP contribution in [-0.2, 0) is 16.0 Å². The number of amides is 1. The smallest absolute Gasteiger partial charge is 0.301 e. The molecule has 0 bridgehead atoms. The second kappa shape index (κ2) is 8.70. The summed E-state index contributed by atoms with van der Waals surface area (Å²) >= 11 is 7.46. The molecule has 4 aromatic rings. The highest BCUT2D eigenvalue weighted by Gasteiger charge is 2.48. The van der Waals surface area contributed by atoms with E-state index in [1.165, 1.54) is 21.8 Å². The second-order valence-corrected chi connectivity index (χ2v) is 9.68. The van der Waals surface area contributed by atoms with Gasteiger partial charge in [-0.1, -0.05) is 77.9 Å². The average molecular weight is 489 g/mol. The number of ketones is 1. The summed E-state index contributed by atoms with van der Waals surface area (Å²) in [4.78, 5) is 32.7. The first-order valence-electron chi connectivity index (χ1n) is 10.9. The van der Waals surface area contributed by atoms with Gasteiger partial charge in [0.2, 0.25) is 0 Å². The number of hydrogen-bond donors (Lipinski definition) is 1. The molecule has 3 aromatic carbocycles. The van der Waals surface area contributed by atoms with Gasteiger partial charge in [0.05, 0.1) is 21.8 Å². The van der Waals surface area contributed by atoms with E-state index in [9.17, 15) is 14.7 Å². The fourth-order valence-corrected chi connectivity index (χ4v) is 5.32. The van der Waals surface area contributed by atoms with Crippen molar-refractivity contribution in [1.82, 2.24) is 4.98 Å². The Morgan fingerprint density at radius 3 is 2.44 bits per heavy atom. The number of aliphatic hydroxyl groups is 1. The predicted molar refractivity (Wildman–Crippen MR) is 136 cm³/mol. The number of benzene rings is 3. The van der Waals surface area contributed by atoms with Crippen LogP contribution < -0.4 is 4.90 Å². The van der Waals surface area contributed by atoms with Crippen molar-refractivity contribution in [1.29, 1.82) is 0 Å². The number of carbonyl (C=O) groups is 2. The van der Waals surface area contributed by atoms with Crippen molar-refractivity contribution in [3.63, 3.8) is 0 Å². The van der Waals surface area contributed by atoms with Gasteiger partial charge in [-0.05, 0) is 48.7 Å². The summed E-state index contributed by atoms with van der Waals surface area (Å²) in [6, 6.07) is 19.3. The van der Waals surface area contributed by atoms with Crippen molar-refractivity contribution in [2.45, 2.75) is 26.3 Å². The first kappa shape index (κ1) is 22.3. The van der Waals surface area contributed by atoms with E-state index in [0.29, 0.717) is 21.3 Å². The number of aryl methyl sites for hydroxylation is 2. The number of anilines is 1. The Morgan fingerprint density at radius 1 is 1.06 bits per heavy atom. The highest BCUT2D eigenvalue weighted by molar-refractivity contribution is 7.22. The molecule has 1 aromatic heterocycles. The van der Waals surface area contributed by atoms with E-state index in [1.54, 1.807) is 36.4 Å². The third-order valence-electron chi connectivity index (χ3n) is 6.01. The van der Waals surface area contributed by atoms with Crippen LogP contribution in [0, 0.1) is 6.92 Å². The molecule has 1 atom stereocenters. The zero-order chi connectivity index (χ0) is 24.0. The Kier molecular flexibility index (Phi) is 5.71. The maximum atomic E-state index is 13.3. The Hall–Kier alpha value is -3.48. The molecule has 0 spiro atoms. The summed E-state index contributed by atoms with van der Waals surface area (Å²) in [5.41, 5.74) is 4.10. The fraction of sp³-hybridized carbons (Fsp3) is 0.148. The minimum absolute atomic E-state index is 0.0321. The van der Waals surface area contributed by atoms with Gasteiger partial charge in [0.25, 0.3) is 5.78 Å². The summed E-state index contributed by atoms with van der Waals surface area (Å²) < 4.78 is 0.935. The lowest BCUT2D eigenvalue weighted by molar-refractivity contribution is -0.132. The predicted octanol–water partition coefficient (Wildman–Crippen LogP) is 6.45. The van der Waals surface area contributed by atoms with E-state index >= 15 is 0 Å². The van der Waals surface area contributed by atoms with Crippen molar-refractivity contribution in [2.24, 2.45) is 0 Å². The van der Waals surface area contributed by atoms with E-state index in [4.69, 9.17) is 11.6 Å². The summed E-state index contributed by atoms with van der Waals surface area (Å²) in [5, 5.41) is 12.1. The topological polar surface area (TPSA) is 70.5 Å². The Labute approximate surface area is 205 Å². The molecular formula is C27H21ClN2O3S.